The third-order valence-electron chi connectivity index (χ3n) is 6.13. The van der Waals surface area contributed by atoms with Gasteiger partial charge >= 0.3 is 0 Å². The summed E-state index contributed by atoms with van der Waals surface area (Å²) in [5, 5.41) is 3.75. The fourth-order valence-electron chi connectivity index (χ4n) is 4.37. The van der Waals surface area contributed by atoms with E-state index in [2.05, 4.69) is 46.4 Å². The number of fused-ring (bicyclic) bond motifs is 1. The third kappa shape index (κ3) is 2.32. The lowest BCUT2D eigenvalue weighted by Gasteiger charge is -2.34. The normalized spacial score (nSPS) is 23.0. The molecule has 3 N–H and O–H groups in total. The summed E-state index contributed by atoms with van der Waals surface area (Å²) in [4.78, 5) is 6.93. The Morgan fingerprint density at radius 2 is 2.04 bits per heavy atom. The van der Waals surface area contributed by atoms with Crippen LogP contribution in [-0.4, -0.2) is 29.0 Å². The second kappa shape index (κ2) is 5.68. The van der Waals surface area contributed by atoms with Gasteiger partial charge in [0.15, 0.2) is 0 Å². The maximum atomic E-state index is 6.70. The molecule has 0 spiro atoms. The van der Waals surface area contributed by atoms with Crippen molar-refractivity contribution in [1.29, 1.82) is 0 Å². The van der Waals surface area contributed by atoms with E-state index in [1.54, 1.807) is 0 Å². The SMILES string of the molecule is Cc1ccncc1-c1cccc2c1NC1=C(CN(C3CCC3)C1)C2N. The number of benzene rings is 1. The highest BCUT2D eigenvalue weighted by molar-refractivity contribution is 5.84. The van der Waals surface area contributed by atoms with Crippen LogP contribution in [0.15, 0.2) is 47.9 Å². The molecule has 3 heterocycles. The highest BCUT2D eigenvalue weighted by atomic mass is 15.2. The molecule has 1 aromatic carbocycles. The van der Waals surface area contributed by atoms with Crippen LogP contribution in [0.5, 0.6) is 0 Å². The second-order valence-corrected chi connectivity index (χ2v) is 7.56. The second-order valence-electron chi connectivity index (χ2n) is 7.56. The van der Waals surface area contributed by atoms with Crippen LogP contribution in [-0.2, 0) is 0 Å². The molecule has 0 radical (unpaired) electrons. The molecular formula is C21H24N4. The van der Waals surface area contributed by atoms with Gasteiger partial charge in [0.05, 0.1) is 11.7 Å². The van der Waals surface area contributed by atoms with Crippen molar-refractivity contribution in [2.75, 3.05) is 18.4 Å². The first-order chi connectivity index (χ1) is 12.2. The molecule has 1 fully saturated rings. The quantitative estimate of drug-likeness (QED) is 0.882. The summed E-state index contributed by atoms with van der Waals surface area (Å²) in [5.74, 6) is 0. The van der Waals surface area contributed by atoms with Crippen LogP contribution in [0.4, 0.5) is 5.69 Å². The molecule has 2 aromatic rings. The van der Waals surface area contributed by atoms with Crippen molar-refractivity contribution in [3.63, 3.8) is 0 Å². The summed E-state index contributed by atoms with van der Waals surface area (Å²) in [5.41, 5.74) is 15.4. The van der Waals surface area contributed by atoms with Gasteiger partial charge in [0.1, 0.15) is 0 Å². The van der Waals surface area contributed by atoms with E-state index < -0.39 is 0 Å². The Bertz CT molecular complexity index is 866. The maximum Gasteiger partial charge on any atom is 0.0564 e. The van der Waals surface area contributed by atoms with Crippen LogP contribution in [0.25, 0.3) is 11.1 Å². The molecule has 0 bridgehead atoms. The summed E-state index contributed by atoms with van der Waals surface area (Å²) in [6.45, 7) is 4.16. The molecule has 25 heavy (non-hydrogen) atoms. The molecule has 128 valence electrons. The highest BCUT2D eigenvalue weighted by Gasteiger charge is 2.37. The van der Waals surface area contributed by atoms with E-state index >= 15 is 0 Å². The van der Waals surface area contributed by atoms with Gasteiger partial charge in [0.2, 0.25) is 0 Å². The number of rotatable bonds is 2. The lowest BCUT2D eigenvalue weighted by molar-refractivity contribution is 0.161. The molecule has 0 amide bonds. The predicted molar refractivity (Wildman–Crippen MR) is 101 cm³/mol. The Morgan fingerprint density at radius 1 is 1.16 bits per heavy atom. The average molecular weight is 332 g/mol. The molecule has 1 saturated carbocycles. The summed E-state index contributed by atoms with van der Waals surface area (Å²) >= 11 is 0. The summed E-state index contributed by atoms with van der Waals surface area (Å²) in [6, 6.07) is 9.27. The Morgan fingerprint density at radius 3 is 2.80 bits per heavy atom. The number of anilines is 1. The topological polar surface area (TPSA) is 54.2 Å². The zero-order valence-corrected chi connectivity index (χ0v) is 14.6. The number of para-hydroxylation sites is 1. The number of aryl methyl sites for hydroxylation is 1. The van der Waals surface area contributed by atoms with E-state index in [9.17, 15) is 0 Å². The first kappa shape index (κ1) is 15.1. The van der Waals surface area contributed by atoms with Gasteiger partial charge in [0.25, 0.3) is 0 Å². The molecule has 1 aliphatic carbocycles. The van der Waals surface area contributed by atoms with Gasteiger partial charge in [-0.3, -0.25) is 9.88 Å². The van der Waals surface area contributed by atoms with E-state index in [4.69, 9.17) is 5.73 Å². The van der Waals surface area contributed by atoms with Crippen molar-refractivity contribution < 1.29 is 0 Å². The monoisotopic (exact) mass is 332 g/mol. The first-order valence-electron chi connectivity index (χ1n) is 9.25. The molecule has 1 atom stereocenters. The Labute approximate surface area is 148 Å². The zero-order chi connectivity index (χ0) is 17.0. The molecule has 5 rings (SSSR count). The average Bonchev–Trinajstić information content (AvgIpc) is 2.97. The van der Waals surface area contributed by atoms with Gasteiger partial charge in [-0.05, 0) is 42.5 Å². The maximum absolute atomic E-state index is 6.70. The predicted octanol–water partition coefficient (Wildman–Crippen LogP) is 3.60. The van der Waals surface area contributed by atoms with Crippen molar-refractivity contribution in [3.05, 3.63) is 59.1 Å². The van der Waals surface area contributed by atoms with Crippen molar-refractivity contribution in [2.24, 2.45) is 5.73 Å². The van der Waals surface area contributed by atoms with Crippen molar-refractivity contribution in [3.8, 4) is 11.1 Å². The minimum Gasteiger partial charge on any atom is -0.357 e. The largest absolute Gasteiger partial charge is 0.357 e. The van der Waals surface area contributed by atoms with E-state index in [0.29, 0.717) is 0 Å². The lowest BCUT2D eigenvalue weighted by atomic mass is 9.89. The van der Waals surface area contributed by atoms with Crippen LogP contribution < -0.4 is 11.1 Å². The van der Waals surface area contributed by atoms with Crippen LogP contribution in [0.3, 0.4) is 0 Å². The van der Waals surface area contributed by atoms with E-state index in [0.717, 1.165) is 19.1 Å². The van der Waals surface area contributed by atoms with Crippen LogP contribution in [0.1, 0.15) is 36.4 Å². The van der Waals surface area contributed by atoms with E-state index in [-0.39, 0.29) is 6.04 Å². The smallest absolute Gasteiger partial charge is 0.0564 e. The fraction of sp³-hybridized carbons (Fsp3) is 0.381. The summed E-state index contributed by atoms with van der Waals surface area (Å²) in [7, 11) is 0. The van der Waals surface area contributed by atoms with Crippen molar-refractivity contribution in [1.82, 2.24) is 9.88 Å². The van der Waals surface area contributed by atoms with Gasteiger partial charge in [-0.2, -0.15) is 0 Å². The number of aromatic nitrogens is 1. The van der Waals surface area contributed by atoms with Gasteiger partial charge in [-0.15, -0.1) is 0 Å². The van der Waals surface area contributed by atoms with E-state index in [1.807, 2.05) is 12.4 Å². The molecule has 1 unspecified atom stereocenters. The minimum atomic E-state index is -0.00625. The molecule has 4 heteroatoms. The number of hydrogen-bond acceptors (Lipinski definition) is 4. The molecule has 2 aliphatic heterocycles. The van der Waals surface area contributed by atoms with Gasteiger partial charge in [-0.1, -0.05) is 24.6 Å². The highest BCUT2D eigenvalue weighted by Crippen LogP contribution is 2.44. The minimum absolute atomic E-state index is 0.00625. The number of pyridine rings is 1. The molecule has 4 nitrogen and oxygen atoms in total. The van der Waals surface area contributed by atoms with Gasteiger partial charge in [-0.25, -0.2) is 0 Å². The van der Waals surface area contributed by atoms with Crippen LogP contribution in [0, 0.1) is 6.92 Å². The molecule has 1 aromatic heterocycles. The van der Waals surface area contributed by atoms with Crippen LogP contribution in [0.2, 0.25) is 0 Å². The number of nitrogens with one attached hydrogen (secondary N) is 1. The van der Waals surface area contributed by atoms with Gasteiger partial charge < -0.3 is 11.1 Å². The first-order valence-corrected chi connectivity index (χ1v) is 9.25. The Balaban J connectivity index is 1.54. The number of nitrogens with zero attached hydrogens (tertiary/aromatic N) is 2. The van der Waals surface area contributed by atoms with E-state index in [1.165, 1.54) is 58.5 Å². The lowest BCUT2D eigenvalue weighted by Crippen LogP contribution is -2.39. The fourth-order valence-corrected chi connectivity index (χ4v) is 4.37. The summed E-state index contributed by atoms with van der Waals surface area (Å²) in [6.07, 6.45) is 7.85. The van der Waals surface area contributed by atoms with Crippen LogP contribution >= 0.6 is 0 Å². The molecule has 0 saturated heterocycles. The molecule has 3 aliphatic rings. The number of hydrogen-bond donors (Lipinski definition) is 2. The standard InChI is InChI=1S/C21H24N4/c1-13-8-9-23-10-17(13)15-6-3-7-16-20(22)18-11-25(14-4-2-5-14)12-19(18)24-21(15)16/h3,6-10,14,20,24H,2,4-5,11-12,22H2,1H3. The molecular weight excluding hydrogens is 308 g/mol. The Kier molecular flexibility index (Phi) is 3.43. The zero-order valence-electron chi connectivity index (χ0n) is 14.6. The summed E-state index contributed by atoms with van der Waals surface area (Å²) < 4.78 is 0. The number of nitrogens with two attached hydrogens (primary N) is 1. The third-order valence-corrected chi connectivity index (χ3v) is 6.13. The van der Waals surface area contributed by atoms with Crippen molar-refractivity contribution in [2.45, 2.75) is 38.3 Å². The van der Waals surface area contributed by atoms with Gasteiger partial charge in [0, 0.05) is 48.3 Å². The Hall–Kier alpha value is -2.17. The van der Waals surface area contributed by atoms with Crippen molar-refractivity contribution >= 4 is 5.69 Å².